The van der Waals surface area contributed by atoms with Crippen molar-refractivity contribution in [3.8, 4) is 11.4 Å². The molecule has 0 aliphatic rings. The van der Waals surface area contributed by atoms with Gasteiger partial charge in [0.05, 0.1) is 5.56 Å². The van der Waals surface area contributed by atoms with Crippen LogP contribution < -0.4 is 5.32 Å². The summed E-state index contributed by atoms with van der Waals surface area (Å²) >= 11 is 0. The van der Waals surface area contributed by atoms with Crippen LogP contribution in [0.2, 0.25) is 0 Å². The van der Waals surface area contributed by atoms with Crippen molar-refractivity contribution >= 4 is 5.91 Å². The molecule has 1 N–H and O–H groups in total. The van der Waals surface area contributed by atoms with E-state index in [1.54, 1.807) is 0 Å². The van der Waals surface area contributed by atoms with Gasteiger partial charge in [-0.15, -0.1) is 0 Å². The summed E-state index contributed by atoms with van der Waals surface area (Å²) in [7, 11) is 0. The van der Waals surface area contributed by atoms with Gasteiger partial charge in [0.25, 0.3) is 5.91 Å². The number of nitrogens with zero attached hydrogens (tertiary/aromatic N) is 2. The van der Waals surface area contributed by atoms with E-state index < -0.39 is 28.9 Å². The third-order valence-electron chi connectivity index (χ3n) is 3.40. The van der Waals surface area contributed by atoms with E-state index in [0.29, 0.717) is 11.9 Å². The molecule has 0 fully saturated rings. The Hall–Kier alpha value is -3.16. The van der Waals surface area contributed by atoms with Crippen LogP contribution in [0.5, 0.6) is 0 Å². The van der Waals surface area contributed by atoms with Crippen molar-refractivity contribution in [2.75, 3.05) is 6.54 Å². The fraction of sp³-hybridized carbons (Fsp3) is 0.118. The molecule has 0 saturated heterocycles. The lowest BCUT2D eigenvalue weighted by Gasteiger charge is -2.05. The first-order valence-electron chi connectivity index (χ1n) is 7.36. The van der Waals surface area contributed by atoms with Crippen LogP contribution in [0.15, 0.2) is 47.0 Å². The van der Waals surface area contributed by atoms with Gasteiger partial charge in [0.2, 0.25) is 11.7 Å². The Balaban J connectivity index is 1.59. The molecule has 0 aliphatic carbocycles. The number of hydrogen-bond acceptors (Lipinski definition) is 4. The first-order chi connectivity index (χ1) is 12.1. The number of carbonyl (C=O) groups excluding carboxylic acids is 1. The van der Waals surface area contributed by atoms with Crippen LogP contribution in [0.3, 0.4) is 0 Å². The summed E-state index contributed by atoms with van der Waals surface area (Å²) in [5.74, 6) is -4.73. The molecule has 0 bridgehead atoms. The van der Waals surface area contributed by atoms with E-state index in [1.807, 2.05) is 30.3 Å². The molecule has 0 saturated carbocycles. The predicted molar refractivity (Wildman–Crippen MR) is 82.1 cm³/mol. The van der Waals surface area contributed by atoms with Crippen molar-refractivity contribution in [3.63, 3.8) is 0 Å². The number of aromatic nitrogens is 2. The maximum absolute atomic E-state index is 13.5. The summed E-state index contributed by atoms with van der Waals surface area (Å²) in [6.07, 6.45) is 0.205. The second-order valence-electron chi connectivity index (χ2n) is 5.11. The molecule has 2 aromatic carbocycles. The summed E-state index contributed by atoms with van der Waals surface area (Å²) in [6, 6.07) is 10.7. The van der Waals surface area contributed by atoms with E-state index in [0.717, 1.165) is 11.6 Å². The van der Waals surface area contributed by atoms with Gasteiger partial charge < -0.3 is 9.84 Å². The van der Waals surface area contributed by atoms with Crippen LogP contribution in [-0.2, 0) is 6.42 Å². The largest absolute Gasteiger partial charge is 0.351 e. The smallest absolute Gasteiger partial charge is 0.254 e. The molecule has 0 atom stereocenters. The Bertz CT molecular complexity index is 897. The second kappa shape index (κ2) is 7.16. The van der Waals surface area contributed by atoms with Gasteiger partial charge in [0.1, 0.15) is 0 Å². The number of amides is 1. The molecule has 3 aromatic rings. The molecule has 0 spiro atoms. The SMILES string of the molecule is O=C(NCCc1nc(-c2ccccc2)no1)c1ccc(F)c(F)c1F. The number of hydrogen-bond donors (Lipinski definition) is 1. The molecule has 0 radical (unpaired) electrons. The van der Waals surface area contributed by atoms with Crippen molar-refractivity contribution in [2.45, 2.75) is 6.42 Å². The fourth-order valence-corrected chi connectivity index (χ4v) is 2.14. The standard InChI is InChI=1S/C17H12F3N3O2/c18-12-7-6-11(14(19)15(12)20)17(24)21-9-8-13-22-16(23-25-13)10-4-2-1-3-5-10/h1-7H,8-9H2,(H,21,24). The van der Waals surface area contributed by atoms with E-state index in [9.17, 15) is 18.0 Å². The molecular formula is C17H12F3N3O2. The molecule has 1 heterocycles. The molecule has 0 unspecified atom stereocenters. The average Bonchev–Trinajstić information content (AvgIpc) is 3.09. The van der Waals surface area contributed by atoms with Crippen LogP contribution >= 0.6 is 0 Å². The van der Waals surface area contributed by atoms with Crippen molar-refractivity contribution < 1.29 is 22.5 Å². The maximum atomic E-state index is 13.5. The highest BCUT2D eigenvalue weighted by Gasteiger charge is 2.18. The molecule has 25 heavy (non-hydrogen) atoms. The summed E-state index contributed by atoms with van der Waals surface area (Å²) in [5.41, 5.74) is 0.208. The van der Waals surface area contributed by atoms with Crippen LogP contribution in [0, 0.1) is 17.5 Å². The highest BCUT2D eigenvalue weighted by atomic mass is 19.2. The lowest BCUT2D eigenvalue weighted by atomic mass is 10.2. The fourth-order valence-electron chi connectivity index (χ4n) is 2.14. The highest BCUT2D eigenvalue weighted by Crippen LogP contribution is 2.16. The van der Waals surface area contributed by atoms with Gasteiger partial charge in [0.15, 0.2) is 17.5 Å². The predicted octanol–water partition coefficient (Wildman–Crippen LogP) is 3.13. The molecule has 1 amide bonds. The zero-order valence-corrected chi connectivity index (χ0v) is 12.8. The minimum Gasteiger partial charge on any atom is -0.351 e. The zero-order chi connectivity index (χ0) is 17.8. The lowest BCUT2D eigenvalue weighted by molar-refractivity contribution is 0.0948. The third-order valence-corrected chi connectivity index (χ3v) is 3.40. The molecule has 8 heteroatoms. The minimum absolute atomic E-state index is 0.0632. The van der Waals surface area contributed by atoms with Gasteiger partial charge in [0, 0.05) is 18.5 Å². The number of nitrogens with one attached hydrogen (secondary N) is 1. The summed E-state index contributed by atoms with van der Waals surface area (Å²) < 4.78 is 44.6. The molecule has 128 valence electrons. The zero-order valence-electron chi connectivity index (χ0n) is 12.8. The number of halogens is 3. The van der Waals surface area contributed by atoms with Crippen molar-refractivity contribution in [3.05, 3.63) is 71.4 Å². The van der Waals surface area contributed by atoms with Crippen molar-refractivity contribution in [2.24, 2.45) is 0 Å². The topological polar surface area (TPSA) is 68.0 Å². The first kappa shape index (κ1) is 16.7. The van der Waals surface area contributed by atoms with E-state index in [4.69, 9.17) is 4.52 Å². The second-order valence-corrected chi connectivity index (χ2v) is 5.11. The van der Waals surface area contributed by atoms with E-state index in [-0.39, 0.29) is 18.9 Å². The Morgan fingerprint density at radius 1 is 1.04 bits per heavy atom. The summed E-state index contributed by atoms with van der Waals surface area (Å²) in [4.78, 5) is 16.0. The Labute approximate surface area is 140 Å². The van der Waals surface area contributed by atoms with E-state index in [1.165, 1.54) is 0 Å². The monoisotopic (exact) mass is 347 g/mol. The van der Waals surface area contributed by atoms with Crippen molar-refractivity contribution in [1.82, 2.24) is 15.5 Å². The van der Waals surface area contributed by atoms with Gasteiger partial charge in [-0.05, 0) is 12.1 Å². The Morgan fingerprint density at radius 2 is 1.80 bits per heavy atom. The third kappa shape index (κ3) is 3.68. The van der Waals surface area contributed by atoms with Crippen LogP contribution in [0.1, 0.15) is 16.2 Å². The van der Waals surface area contributed by atoms with Gasteiger partial charge in [-0.1, -0.05) is 35.5 Å². The van der Waals surface area contributed by atoms with Gasteiger partial charge in [-0.25, -0.2) is 13.2 Å². The van der Waals surface area contributed by atoms with Gasteiger partial charge in [-0.2, -0.15) is 4.98 Å². The Morgan fingerprint density at radius 3 is 2.56 bits per heavy atom. The lowest BCUT2D eigenvalue weighted by Crippen LogP contribution is -2.27. The van der Waals surface area contributed by atoms with Crippen LogP contribution in [0.25, 0.3) is 11.4 Å². The normalized spacial score (nSPS) is 10.7. The first-order valence-corrected chi connectivity index (χ1v) is 7.36. The summed E-state index contributed by atoms with van der Waals surface area (Å²) in [5, 5.41) is 6.22. The molecule has 1 aromatic heterocycles. The minimum atomic E-state index is -1.68. The van der Waals surface area contributed by atoms with E-state index >= 15 is 0 Å². The quantitative estimate of drug-likeness (QED) is 0.720. The molecule has 3 rings (SSSR count). The van der Waals surface area contributed by atoms with Gasteiger partial charge in [-0.3, -0.25) is 4.79 Å². The van der Waals surface area contributed by atoms with E-state index in [2.05, 4.69) is 15.5 Å². The highest BCUT2D eigenvalue weighted by molar-refractivity contribution is 5.94. The summed E-state index contributed by atoms with van der Waals surface area (Å²) in [6.45, 7) is 0.0632. The van der Waals surface area contributed by atoms with Crippen LogP contribution in [-0.4, -0.2) is 22.6 Å². The number of benzene rings is 2. The molecular weight excluding hydrogens is 335 g/mol. The van der Waals surface area contributed by atoms with Crippen molar-refractivity contribution in [1.29, 1.82) is 0 Å². The Kier molecular flexibility index (Phi) is 4.78. The van der Waals surface area contributed by atoms with Gasteiger partial charge >= 0.3 is 0 Å². The average molecular weight is 347 g/mol. The number of carbonyl (C=O) groups is 1. The van der Waals surface area contributed by atoms with Crippen LogP contribution in [0.4, 0.5) is 13.2 Å². The maximum Gasteiger partial charge on any atom is 0.254 e. The molecule has 0 aliphatic heterocycles. The number of rotatable bonds is 5. The molecule has 5 nitrogen and oxygen atoms in total.